The molecule has 148 valence electrons. The molecule has 6 heteroatoms. The Hall–Kier alpha value is -3.02. The highest BCUT2D eigenvalue weighted by Crippen LogP contribution is 2.22. The van der Waals surface area contributed by atoms with Crippen LogP contribution in [-0.4, -0.2) is 30.8 Å². The summed E-state index contributed by atoms with van der Waals surface area (Å²) < 4.78 is 17.7. The predicted molar refractivity (Wildman–Crippen MR) is 104 cm³/mol. The highest BCUT2D eigenvalue weighted by molar-refractivity contribution is 5.98. The summed E-state index contributed by atoms with van der Waals surface area (Å²) in [5.74, 6) is -1.75. The molecule has 0 aliphatic rings. The van der Waals surface area contributed by atoms with Crippen LogP contribution in [0.2, 0.25) is 0 Å². The molecule has 0 saturated heterocycles. The van der Waals surface area contributed by atoms with E-state index in [1.165, 1.54) is 24.3 Å². The number of carbonyl (C=O) groups is 3. The fraction of sp³-hybridized carbons (Fsp3) is 0.318. The van der Waals surface area contributed by atoms with Gasteiger partial charge in [-0.15, -0.1) is 0 Å². The number of carbonyl (C=O) groups excluding carboxylic acids is 3. The Morgan fingerprint density at radius 3 is 2.07 bits per heavy atom. The molecular formula is C22H24FNO4. The Balaban J connectivity index is 1.73. The number of rotatable bonds is 7. The molecule has 1 N–H and O–H groups in total. The van der Waals surface area contributed by atoms with E-state index < -0.39 is 24.2 Å². The fourth-order valence-corrected chi connectivity index (χ4v) is 2.44. The topological polar surface area (TPSA) is 72.5 Å². The second kappa shape index (κ2) is 9.26. The number of nitrogens with one attached hydrogen (secondary N) is 1. The first-order valence-electron chi connectivity index (χ1n) is 9.00. The smallest absolute Gasteiger partial charge is 0.308 e. The van der Waals surface area contributed by atoms with Crippen LogP contribution in [0.3, 0.4) is 0 Å². The molecule has 1 amide bonds. The predicted octanol–water partition coefficient (Wildman–Crippen LogP) is 3.67. The summed E-state index contributed by atoms with van der Waals surface area (Å²) in [6, 6.07) is 12.3. The quantitative estimate of drug-likeness (QED) is 0.583. The van der Waals surface area contributed by atoms with Gasteiger partial charge in [-0.25, -0.2) is 4.39 Å². The molecule has 0 aliphatic carbocycles. The molecule has 2 aromatic rings. The van der Waals surface area contributed by atoms with Gasteiger partial charge in [-0.05, 0) is 47.4 Å². The van der Waals surface area contributed by atoms with Crippen LogP contribution >= 0.6 is 0 Å². The second-order valence-electron chi connectivity index (χ2n) is 7.42. The van der Waals surface area contributed by atoms with E-state index in [0.29, 0.717) is 5.56 Å². The molecule has 2 aromatic carbocycles. The molecule has 0 spiro atoms. The van der Waals surface area contributed by atoms with E-state index in [-0.39, 0.29) is 29.9 Å². The van der Waals surface area contributed by atoms with E-state index in [4.69, 9.17) is 4.74 Å². The number of benzene rings is 2. The average molecular weight is 385 g/mol. The van der Waals surface area contributed by atoms with Gasteiger partial charge in [0.1, 0.15) is 5.82 Å². The van der Waals surface area contributed by atoms with Gasteiger partial charge in [0, 0.05) is 17.7 Å². The lowest BCUT2D eigenvalue weighted by Crippen LogP contribution is -2.27. The summed E-state index contributed by atoms with van der Waals surface area (Å²) in [7, 11) is 0. The van der Waals surface area contributed by atoms with E-state index in [2.05, 4.69) is 26.1 Å². The summed E-state index contributed by atoms with van der Waals surface area (Å²) in [4.78, 5) is 35.7. The normalized spacial score (nSPS) is 11.0. The Morgan fingerprint density at radius 2 is 1.50 bits per heavy atom. The van der Waals surface area contributed by atoms with Gasteiger partial charge in [0.2, 0.25) is 0 Å². The van der Waals surface area contributed by atoms with Gasteiger partial charge < -0.3 is 10.1 Å². The minimum Gasteiger partial charge on any atom is -0.457 e. The number of esters is 1. The summed E-state index contributed by atoms with van der Waals surface area (Å²) >= 11 is 0. The van der Waals surface area contributed by atoms with Crippen LogP contribution in [0, 0.1) is 5.82 Å². The van der Waals surface area contributed by atoms with Crippen LogP contribution < -0.4 is 5.32 Å². The Morgan fingerprint density at radius 1 is 0.929 bits per heavy atom. The van der Waals surface area contributed by atoms with E-state index >= 15 is 0 Å². The zero-order chi connectivity index (χ0) is 20.7. The standard InChI is InChI=1S/C22H24FNO4/c1-22(2,3)17-8-4-16(5-9-17)21(27)24-13-12-20(26)28-14-19(25)15-6-10-18(23)11-7-15/h4-11H,12-14H2,1-3H3,(H,24,27). The van der Waals surface area contributed by atoms with Crippen LogP contribution in [0.15, 0.2) is 48.5 Å². The van der Waals surface area contributed by atoms with Crippen molar-refractivity contribution in [3.63, 3.8) is 0 Å². The molecule has 2 rings (SSSR count). The highest BCUT2D eigenvalue weighted by atomic mass is 19.1. The number of hydrogen-bond donors (Lipinski definition) is 1. The van der Waals surface area contributed by atoms with Gasteiger partial charge in [0.15, 0.2) is 12.4 Å². The molecule has 28 heavy (non-hydrogen) atoms. The number of amides is 1. The largest absolute Gasteiger partial charge is 0.457 e. The van der Waals surface area contributed by atoms with Crippen molar-refractivity contribution < 1.29 is 23.5 Å². The maximum Gasteiger partial charge on any atom is 0.308 e. The van der Waals surface area contributed by atoms with E-state index in [9.17, 15) is 18.8 Å². The first kappa shape index (κ1) is 21.3. The van der Waals surface area contributed by atoms with Crippen molar-refractivity contribution in [2.24, 2.45) is 0 Å². The fourth-order valence-electron chi connectivity index (χ4n) is 2.44. The minimum absolute atomic E-state index is 0.00408. The molecule has 0 aromatic heterocycles. The maximum atomic E-state index is 12.8. The average Bonchev–Trinajstić information content (AvgIpc) is 2.66. The molecule has 0 radical (unpaired) electrons. The molecule has 5 nitrogen and oxygen atoms in total. The SMILES string of the molecule is CC(C)(C)c1ccc(C(=O)NCCC(=O)OCC(=O)c2ccc(F)cc2)cc1. The van der Waals surface area contributed by atoms with Crippen LogP contribution in [0.5, 0.6) is 0 Å². The Labute approximate surface area is 163 Å². The van der Waals surface area contributed by atoms with Crippen molar-refractivity contribution in [2.75, 3.05) is 13.2 Å². The number of ketones is 1. The van der Waals surface area contributed by atoms with Crippen LogP contribution in [0.4, 0.5) is 4.39 Å². The zero-order valence-electron chi connectivity index (χ0n) is 16.3. The maximum absolute atomic E-state index is 12.8. The summed E-state index contributed by atoms with van der Waals surface area (Å²) in [6.45, 7) is 5.95. The molecule has 0 aliphatic heterocycles. The van der Waals surface area contributed by atoms with E-state index in [1.54, 1.807) is 12.1 Å². The molecular weight excluding hydrogens is 361 g/mol. The van der Waals surface area contributed by atoms with E-state index in [1.807, 2.05) is 12.1 Å². The first-order chi connectivity index (χ1) is 13.2. The Bertz CT molecular complexity index is 836. The van der Waals surface area contributed by atoms with E-state index in [0.717, 1.165) is 5.56 Å². The Kier molecular flexibility index (Phi) is 7.04. The van der Waals surface area contributed by atoms with Gasteiger partial charge in [-0.3, -0.25) is 14.4 Å². The number of hydrogen-bond acceptors (Lipinski definition) is 4. The number of Topliss-reactive ketones (excluding diaryl/α,β-unsaturated/α-hetero) is 1. The van der Waals surface area contributed by atoms with Gasteiger partial charge >= 0.3 is 5.97 Å². The van der Waals surface area contributed by atoms with Crippen molar-refractivity contribution in [3.05, 3.63) is 71.0 Å². The first-order valence-corrected chi connectivity index (χ1v) is 9.00. The molecule has 0 unspecified atom stereocenters. The molecule has 0 bridgehead atoms. The van der Waals surface area contributed by atoms with Gasteiger partial charge in [0.05, 0.1) is 6.42 Å². The lowest BCUT2D eigenvalue weighted by atomic mass is 9.87. The van der Waals surface area contributed by atoms with Gasteiger partial charge in [-0.2, -0.15) is 0 Å². The monoisotopic (exact) mass is 385 g/mol. The van der Waals surface area contributed by atoms with Crippen LogP contribution in [0.1, 0.15) is 53.5 Å². The van der Waals surface area contributed by atoms with Crippen molar-refractivity contribution in [1.29, 1.82) is 0 Å². The summed E-state index contributed by atoms with van der Waals surface area (Å²) in [6.07, 6.45) is -0.0531. The van der Waals surface area contributed by atoms with Crippen molar-refractivity contribution >= 4 is 17.7 Å². The van der Waals surface area contributed by atoms with Crippen LogP contribution in [0.25, 0.3) is 0 Å². The van der Waals surface area contributed by atoms with Gasteiger partial charge in [0.25, 0.3) is 5.91 Å². The lowest BCUT2D eigenvalue weighted by molar-refractivity contribution is -0.142. The zero-order valence-corrected chi connectivity index (χ0v) is 16.3. The van der Waals surface area contributed by atoms with Gasteiger partial charge in [-0.1, -0.05) is 32.9 Å². The number of halogens is 1. The third-order valence-corrected chi connectivity index (χ3v) is 4.16. The summed E-state index contributed by atoms with van der Waals surface area (Å²) in [5.41, 5.74) is 1.90. The van der Waals surface area contributed by atoms with Crippen LogP contribution in [-0.2, 0) is 14.9 Å². The second-order valence-corrected chi connectivity index (χ2v) is 7.42. The molecule has 0 saturated carbocycles. The van der Waals surface area contributed by atoms with Crippen molar-refractivity contribution in [2.45, 2.75) is 32.6 Å². The highest BCUT2D eigenvalue weighted by Gasteiger charge is 2.15. The third kappa shape index (κ3) is 6.30. The molecule has 0 fully saturated rings. The molecule has 0 heterocycles. The third-order valence-electron chi connectivity index (χ3n) is 4.16. The lowest BCUT2D eigenvalue weighted by Gasteiger charge is -2.19. The molecule has 0 atom stereocenters. The van der Waals surface area contributed by atoms with Crippen molar-refractivity contribution in [1.82, 2.24) is 5.32 Å². The number of ether oxygens (including phenoxy) is 1. The van der Waals surface area contributed by atoms with Crippen molar-refractivity contribution in [3.8, 4) is 0 Å². The minimum atomic E-state index is -0.598. The summed E-state index contributed by atoms with van der Waals surface area (Å²) in [5, 5.41) is 2.65.